The minimum atomic E-state index is -0.566. The van der Waals surface area contributed by atoms with Crippen LogP contribution in [-0.4, -0.2) is 64.3 Å². The monoisotopic (exact) mass is 379 g/mol. The molecule has 0 aromatic heterocycles. The first-order valence-corrected chi connectivity index (χ1v) is 9.26. The standard InChI is InChI=1S/C20H33N3O4/c1-16(24)20(2,22-4)13-17-5-7-18(8-6-17)14-23-19(25)15-27-12-11-26-10-9-21-3/h5-8,21-22H,9-15H2,1-4H3,(H,23,25)/t20-/m1/s1. The van der Waals surface area contributed by atoms with Crippen molar-refractivity contribution in [2.75, 3.05) is 47.1 Å². The maximum Gasteiger partial charge on any atom is 0.246 e. The lowest BCUT2D eigenvalue weighted by molar-refractivity contribution is -0.126. The first-order valence-electron chi connectivity index (χ1n) is 9.26. The summed E-state index contributed by atoms with van der Waals surface area (Å²) in [5, 5.41) is 8.90. The lowest BCUT2D eigenvalue weighted by atomic mass is 9.89. The highest BCUT2D eigenvalue weighted by atomic mass is 16.5. The number of carbonyl (C=O) groups excluding carboxylic acids is 2. The van der Waals surface area contributed by atoms with Crippen molar-refractivity contribution in [1.82, 2.24) is 16.0 Å². The molecule has 0 aliphatic carbocycles. The number of benzene rings is 1. The third-order valence-corrected chi connectivity index (χ3v) is 4.50. The van der Waals surface area contributed by atoms with Gasteiger partial charge in [0.05, 0.1) is 25.4 Å². The molecular weight excluding hydrogens is 346 g/mol. The van der Waals surface area contributed by atoms with Gasteiger partial charge in [-0.25, -0.2) is 0 Å². The first-order chi connectivity index (χ1) is 12.9. The largest absolute Gasteiger partial charge is 0.378 e. The van der Waals surface area contributed by atoms with Crippen LogP contribution in [0.1, 0.15) is 25.0 Å². The quantitative estimate of drug-likeness (QED) is 0.412. The molecule has 1 rings (SSSR count). The topological polar surface area (TPSA) is 88.7 Å². The molecule has 1 aromatic rings. The maximum absolute atomic E-state index is 11.8. The summed E-state index contributed by atoms with van der Waals surface area (Å²) in [5.74, 6) is -0.0533. The van der Waals surface area contributed by atoms with E-state index in [4.69, 9.17) is 9.47 Å². The Balaban J connectivity index is 2.29. The predicted molar refractivity (Wildman–Crippen MR) is 106 cm³/mol. The minimum Gasteiger partial charge on any atom is -0.378 e. The number of nitrogens with one attached hydrogen (secondary N) is 3. The highest BCUT2D eigenvalue weighted by Gasteiger charge is 2.27. The van der Waals surface area contributed by atoms with Crippen molar-refractivity contribution in [3.63, 3.8) is 0 Å². The van der Waals surface area contributed by atoms with Crippen molar-refractivity contribution in [2.45, 2.75) is 32.4 Å². The van der Waals surface area contributed by atoms with Crippen molar-refractivity contribution in [1.29, 1.82) is 0 Å². The number of carbonyl (C=O) groups is 2. The zero-order valence-electron chi connectivity index (χ0n) is 16.9. The molecule has 0 radical (unpaired) electrons. The van der Waals surface area contributed by atoms with Gasteiger partial charge in [-0.2, -0.15) is 0 Å². The maximum atomic E-state index is 11.8. The number of hydrogen-bond acceptors (Lipinski definition) is 6. The van der Waals surface area contributed by atoms with Gasteiger partial charge in [0.2, 0.25) is 5.91 Å². The summed E-state index contributed by atoms with van der Waals surface area (Å²) in [6, 6.07) is 7.89. The van der Waals surface area contributed by atoms with Crippen LogP contribution in [0.4, 0.5) is 0 Å². The molecule has 3 N–H and O–H groups in total. The molecular formula is C20H33N3O4. The molecule has 0 spiro atoms. The summed E-state index contributed by atoms with van der Waals surface area (Å²) < 4.78 is 10.6. The molecule has 0 unspecified atom stereocenters. The Morgan fingerprint density at radius 3 is 2.22 bits per heavy atom. The van der Waals surface area contributed by atoms with E-state index in [0.717, 1.165) is 17.7 Å². The number of hydrogen-bond donors (Lipinski definition) is 3. The Bertz CT molecular complexity index is 577. The molecule has 7 nitrogen and oxygen atoms in total. The van der Waals surface area contributed by atoms with E-state index >= 15 is 0 Å². The third-order valence-electron chi connectivity index (χ3n) is 4.50. The van der Waals surface area contributed by atoms with Gasteiger partial charge in [0.1, 0.15) is 12.4 Å². The fraction of sp³-hybridized carbons (Fsp3) is 0.600. The molecule has 0 bridgehead atoms. The van der Waals surface area contributed by atoms with Crippen molar-refractivity contribution in [2.24, 2.45) is 0 Å². The van der Waals surface area contributed by atoms with E-state index < -0.39 is 5.54 Å². The van der Waals surface area contributed by atoms with Crippen LogP contribution in [0.5, 0.6) is 0 Å². The number of rotatable bonds is 14. The Kier molecular flexibility index (Phi) is 10.8. The average molecular weight is 380 g/mol. The van der Waals surface area contributed by atoms with Crippen molar-refractivity contribution in [3.8, 4) is 0 Å². The van der Waals surface area contributed by atoms with Gasteiger partial charge < -0.3 is 25.4 Å². The third kappa shape index (κ3) is 9.10. The van der Waals surface area contributed by atoms with Crippen LogP contribution in [0.3, 0.4) is 0 Å². The van der Waals surface area contributed by atoms with Crippen LogP contribution < -0.4 is 16.0 Å². The van der Waals surface area contributed by atoms with E-state index in [1.165, 1.54) is 0 Å². The lowest BCUT2D eigenvalue weighted by Crippen LogP contribution is -2.48. The van der Waals surface area contributed by atoms with Gasteiger partial charge in [-0.3, -0.25) is 9.59 Å². The molecule has 0 saturated carbocycles. The summed E-state index contributed by atoms with van der Waals surface area (Å²) >= 11 is 0. The SMILES string of the molecule is CNCCOCCOCC(=O)NCc1ccc(C[C@@](C)(NC)C(C)=O)cc1. The molecule has 0 aliphatic rings. The fourth-order valence-electron chi connectivity index (χ4n) is 2.38. The van der Waals surface area contributed by atoms with Crippen molar-refractivity contribution in [3.05, 3.63) is 35.4 Å². The van der Waals surface area contributed by atoms with Crippen LogP contribution in [0, 0.1) is 0 Å². The van der Waals surface area contributed by atoms with Gasteiger partial charge >= 0.3 is 0 Å². The molecule has 152 valence electrons. The van der Waals surface area contributed by atoms with E-state index in [2.05, 4.69) is 16.0 Å². The molecule has 1 atom stereocenters. The summed E-state index contributed by atoms with van der Waals surface area (Å²) in [5.41, 5.74) is 1.50. The van der Waals surface area contributed by atoms with E-state index in [0.29, 0.717) is 32.8 Å². The minimum absolute atomic E-state index is 0.0204. The second-order valence-electron chi connectivity index (χ2n) is 6.68. The fourth-order valence-corrected chi connectivity index (χ4v) is 2.38. The molecule has 0 saturated heterocycles. The Labute approximate surface area is 162 Å². The van der Waals surface area contributed by atoms with Gasteiger partial charge in [0, 0.05) is 13.1 Å². The van der Waals surface area contributed by atoms with Crippen molar-refractivity contribution >= 4 is 11.7 Å². The highest BCUT2D eigenvalue weighted by Crippen LogP contribution is 2.15. The summed E-state index contributed by atoms with van der Waals surface area (Å²) in [4.78, 5) is 23.6. The summed E-state index contributed by atoms with van der Waals surface area (Å²) in [6.45, 7) is 6.24. The molecule has 0 aliphatic heterocycles. The first kappa shape index (κ1) is 23.2. The van der Waals surface area contributed by atoms with Crippen LogP contribution >= 0.6 is 0 Å². The normalized spacial score (nSPS) is 13.2. The number of likely N-dealkylation sites (N-methyl/N-ethyl adjacent to an activating group) is 2. The van der Waals surface area contributed by atoms with E-state index in [9.17, 15) is 9.59 Å². The van der Waals surface area contributed by atoms with E-state index in [-0.39, 0.29) is 18.3 Å². The molecule has 0 fully saturated rings. The van der Waals surface area contributed by atoms with Crippen LogP contribution in [0.25, 0.3) is 0 Å². The summed E-state index contributed by atoms with van der Waals surface area (Å²) in [6.07, 6.45) is 0.621. The van der Waals surface area contributed by atoms with Gasteiger partial charge in [0.15, 0.2) is 0 Å². The predicted octanol–water partition coefficient (Wildman–Crippen LogP) is 0.665. The van der Waals surface area contributed by atoms with Gasteiger partial charge in [-0.15, -0.1) is 0 Å². The number of ketones is 1. The number of amides is 1. The van der Waals surface area contributed by atoms with Crippen LogP contribution in [0.2, 0.25) is 0 Å². The molecule has 27 heavy (non-hydrogen) atoms. The molecule has 1 amide bonds. The van der Waals surface area contributed by atoms with Crippen molar-refractivity contribution < 1.29 is 19.1 Å². The Morgan fingerprint density at radius 1 is 1.00 bits per heavy atom. The number of ether oxygens (including phenoxy) is 2. The smallest absolute Gasteiger partial charge is 0.246 e. The van der Waals surface area contributed by atoms with Gasteiger partial charge in [-0.1, -0.05) is 24.3 Å². The number of Topliss-reactive ketones (excluding diaryl/α,β-unsaturated/α-hetero) is 1. The second-order valence-corrected chi connectivity index (χ2v) is 6.68. The zero-order chi connectivity index (χ0) is 20.1. The molecule has 0 heterocycles. The molecule has 7 heteroatoms. The molecule has 1 aromatic carbocycles. The average Bonchev–Trinajstić information content (AvgIpc) is 2.66. The van der Waals surface area contributed by atoms with Gasteiger partial charge in [-0.05, 0) is 45.5 Å². The van der Waals surface area contributed by atoms with Gasteiger partial charge in [0.25, 0.3) is 0 Å². The Morgan fingerprint density at radius 2 is 1.63 bits per heavy atom. The zero-order valence-corrected chi connectivity index (χ0v) is 16.9. The van der Waals surface area contributed by atoms with E-state index in [1.807, 2.05) is 38.2 Å². The Hall–Kier alpha value is -1.80. The highest BCUT2D eigenvalue weighted by molar-refractivity contribution is 5.86. The van der Waals surface area contributed by atoms with Crippen LogP contribution in [-0.2, 0) is 32.0 Å². The van der Waals surface area contributed by atoms with Crippen LogP contribution in [0.15, 0.2) is 24.3 Å². The second kappa shape index (κ2) is 12.6. The lowest BCUT2D eigenvalue weighted by Gasteiger charge is -2.26. The summed E-state index contributed by atoms with van der Waals surface area (Å²) in [7, 11) is 3.66. The van der Waals surface area contributed by atoms with E-state index in [1.54, 1.807) is 14.0 Å².